The van der Waals surface area contributed by atoms with E-state index in [1.807, 2.05) is 0 Å². The van der Waals surface area contributed by atoms with Crippen molar-refractivity contribution in [2.45, 2.75) is 13.0 Å². The van der Waals surface area contributed by atoms with Gasteiger partial charge in [0.05, 0.1) is 7.11 Å². The molecule has 0 aliphatic carbocycles. The summed E-state index contributed by atoms with van der Waals surface area (Å²) in [6.45, 7) is 1.90. The molecule has 0 N–H and O–H groups in total. The van der Waals surface area contributed by atoms with Gasteiger partial charge in [0, 0.05) is 18.5 Å². The number of hydrogen-bond donors (Lipinski definition) is 0. The summed E-state index contributed by atoms with van der Waals surface area (Å²) in [7, 11) is 1.25. The molecule has 26 heavy (non-hydrogen) atoms. The smallest absolute Gasteiger partial charge is 0.325 e. The summed E-state index contributed by atoms with van der Waals surface area (Å²) in [6.07, 6.45) is 0. The van der Waals surface area contributed by atoms with Gasteiger partial charge in [-0.2, -0.15) is 0 Å². The fraction of sp³-hybridized carbons (Fsp3) is 0.333. The molecule has 1 aliphatic heterocycles. The molecule has 8 heteroatoms. The second-order valence-corrected chi connectivity index (χ2v) is 6.02. The average Bonchev–Trinajstić information content (AvgIpc) is 2.65. The summed E-state index contributed by atoms with van der Waals surface area (Å²) >= 11 is 0. The molecule has 1 aliphatic rings. The summed E-state index contributed by atoms with van der Waals surface area (Å²) in [5.74, 6) is -1.82. The molecule has 136 valence electrons. The van der Waals surface area contributed by atoms with Gasteiger partial charge in [0.1, 0.15) is 29.6 Å². The van der Waals surface area contributed by atoms with E-state index >= 15 is 0 Å². The molecule has 1 fully saturated rings. The number of carbonyl (C=O) groups is 3. The Morgan fingerprint density at radius 3 is 2.77 bits per heavy atom. The number of ether oxygens (including phenoxy) is 1. The Balaban J connectivity index is 1.81. The van der Waals surface area contributed by atoms with Gasteiger partial charge in [0.2, 0.25) is 5.91 Å². The number of methoxy groups -OCH3 is 1. The zero-order valence-corrected chi connectivity index (χ0v) is 14.4. The number of pyridine rings is 1. The lowest BCUT2D eigenvalue weighted by Gasteiger charge is -2.38. The molecule has 0 saturated carbocycles. The van der Waals surface area contributed by atoms with Crippen molar-refractivity contribution in [2.75, 3.05) is 26.7 Å². The van der Waals surface area contributed by atoms with Gasteiger partial charge in [-0.3, -0.25) is 14.4 Å². The van der Waals surface area contributed by atoms with Crippen molar-refractivity contribution >= 4 is 28.7 Å². The van der Waals surface area contributed by atoms with Gasteiger partial charge in [0.25, 0.3) is 5.91 Å². The third-order valence-electron chi connectivity index (χ3n) is 4.45. The zero-order valence-electron chi connectivity index (χ0n) is 14.4. The highest BCUT2D eigenvalue weighted by molar-refractivity contribution is 5.98. The van der Waals surface area contributed by atoms with E-state index in [1.54, 1.807) is 25.1 Å². The predicted octanol–water partition coefficient (Wildman–Crippen LogP) is 1.22. The van der Waals surface area contributed by atoms with Gasteiger partial charge < -0.3 is 14.5 Å². The lowest BCUT2D eigenvalue weighted by molar-refractivity contribution is -0.150. The molecule has 1 aromatic carbocycles. The lowest BCUT2D eigenvalue weighted by Crippen LogP contribution is -2.58. The highest BCUT2D eigenvalue weighted by atomic mass is 19.1. The number of benzene rings is 1. The van der Waals surface area contributed by atoms with E-state index < -0.39 is 23.7 Å². The number of halogens is 1. The molecule has 0 bridgehead atoms. The van der Waals surface area contributed by atoms with Crippen molar-refractivity contribution in [1.29, 1.82) is 0 Å². The largest absolute Gasteiger partial charge is 0.468 e. The number of hydrogen-bond acceptors (Lipinski definition) is 5. The summed E-state index contributed by atoms with van der Waals surface area (Å²) in [4.78, 5) is 43.5. The Hall–Kier alpha value is -3.03. The van der Waals surface area contributed by atoms with E-state index in [2.05, 4.69) is 9.72 Å². The SMILES string of the molecule is COC(=O)CN1CCN(C(=O)c2ccc3cccc(F)c3n2)[C@H](C)C1=O. The normalized spacial score (nSPS) is 17.5. The number of esters is 1. The minimum absolute atomic E-state index is 0.0728. The molecular weight excluding hydrogens is 341 g/mol. The van der Waals surface area contributed by atoms with Crippen LogP contribution in [0, 0.1) is 5.82 Å². The van der Waals surface area contributed by atoms with Crippen LogP contribution in [0.5, 0.6) is 0 Å². The molecule has 2 aromatic rings. The maximum absolute atomic E-state index is 13.9. The van der Waals surface area contributed by atoms with Crippen LogP contribution in [-0.4, -0.2) is 65.4 Å². The summed E-state index contributed by atoms with van der Waals surface area (Å²) in [5, 5.41) is 0.591. The monoisotopic (exact) mass is 359 g/mol. The number of piperazine rings is 1. The van der Waals surface area contributed by atoms with E-state index in [-0.39, 0.29) is 36.8 Å². The lowest BCUT2D eigenvalue weighted by atomic mass is 10.1. The Morgan fingerprint density at radius 2 is 2.04 bits per heavy atom. The first-order valence-electron chi connectivity index (χ1n) is 8.14. The molecule has 2 heterocycles. The van der Waals surface area contributed by atoms with Crippen LogP contribution in [-0.2, 0) is 14.3 Å². The zero-order chi connectivity index (χ0) is 18.8. The molecule has 3 rings (SSSR count). The highest BCUT2D eigenvalue weighted by Crippen LogP contribution is 2.19. The van der Waals surface area contributed by atoms with Crippen molar-refractivity contribution in [2.24, 2.45) is 0 Å². The van der Waals surface area contributed by atoms with Gasteiger partial charge in [-0.15, -0.1) is 0 Å². The summed E-state index contributed by atoms with van der Waals surface area (Å²) in [6, 6.07) is 6.95. The van der Waals surface area contributed by atoms with Crippen LogP contribution in [0.3, 0.4) is 0 Å². The van der Waals surface area contributed by atoms with Gasteiger partial charge in [-0.1, -0.05) is 18.2 Å². The third kappa shape index (κ3) is 3.22. The molecule has 1 aromatic heterocycles. The standard InChI is InChI=1S/C18H18FN3O4/c1-11-17(24)21(10-15(23)26-2)8-9-22(11)18(25)14-7-6-12-4-3-5-13(19)16(12)20-14/h3-7,11H,8-10H2,1-2H3/t11-/m1/s1. The number of nitrogens with zero attached hydrogens (tertiary/aromatic N) is 3. The van der Waals surface area contributed by atoms with Gasteiger partial charge in [-0.05, 0) is 19.1 Å². The molecule has 1 atom stereocenters. The van der Waals surface area contributed by atoms with Gasteiger partial charge >= 0.3 is 5.97 Å². The van der Waals surface area contributed by atoms with E-state index in [0.717, 1.165) is 0 Å². The second kappa shape index (κ2) is 7.07. The maximum atomic E-state index is 13.9. The van der Waals surface area contributed by atoms with Crippen LogP contribution in [0.2, 0.25) is 0 Å². The first-order valence-corrected chi connectivity index (χ1v) is 8.14. The minimum Gasteiger partial charge on any atom is -0.468 e. The maximum Gasteiger partial charge on any atom is 0.325 e. The first-order chi connectivity index (χ1) is 12.4. The average molecular weight is 359 g/mol. The summed E-state index contributed by atoms with van der Waals surface area (Å²) in [5.41, 5.74) is 0.185. The van der Waals surface area contributed by atoms with E-state index in [9.17, 15) is 18.8 Å². The molecule has 0 unspecified atom stereocenters. The number of carbonyl (C=O) groups excluding carboxylic acids is 3. The first kappa shape index (κ1) is 17.8. The van der Waals surface area contributed by atoms with Crippen LogP contribution in [0.1, 0.15) is 17.4 Å². The van der Waals surface area contributed by atoms with Crippen LogP contribution in [0.4, 0.5) is 4.39 Å². The Labute approximate surface area is 149 Å². The summed E-state index contributed by atoms with van der Waals surface area (Å²) < 4.78 is 18.5. The third-order valence-corrected chi connectivity index (χ3v) is 4.45. The predicted molar refractivity (Wildman–Crippen MR) is 90.8 cm³/mol. The fourth-order valence-electron chi connectivity index (χ4n) is 2.96. The molecular formula is C18H18FN3O4. The van der Waals surface area contributed by atoms with Crippen molar-refractivity contribution < 1.29 is 23.5 Å². The van der Waals surface area contributed by atoms with Crippen LogP contribution in [0.25, 0.3) is 10.9 Å². The molecule has 0 radical (unpaired) electrons. The Kier molecular flexibility index (Phi) is 4.83. The highest BCUT2D eigenvalue weighted by Gasteiger charge is 2.36. The van der Waals surface area contributed by atoms with E-state index in [0.29, 0.717) is 5.39 Å². The fourth-order valence-corrected chi connectivity index (χ4v) is 2.96. The van der Waals surface area contributed by atoms with Gasteiger partial charge in [-0.25, -0.2) is 9.37 Å². The van der Waals surface area contributed by atoms with Crippen LogP contribution < -0.4 is 0 Å². The molecule has 0 spiro atoms. The Morgan fingerprint density at radius 1 is 1.27 bits per heavy atom. The number of rotatable bonds is 3. The number of para-hydroxylation sites is 1. The van der Waals surface area contributed by atoms with E-state index in [1.165, 1.54) is 29.0 Å². The quantitative estimate of drug-likeness (QED) is 0.770. The van der Waals surface area contributed by atoms with Crippen molar-refractivity contribution in [3.63, 3.8) is 0 Å². The van der Waals surface area contributed by atoms with Gasteiger partial charge in [0.15, 0.2) is 0 Å². The van der Waals surface area contributed by atoms with Crippen molar-refractivity contribution in [3.05, 3.63) is 41.8 Å². The van der Waals surface area contributed by atoms with E-state index in [4.69, 9.17) is 0 Å². The molecule has 7 nitrogen and oxygen atoms in total. The van der Waals surface area contributed by atoms with Crippen LogP contribution >= 0.6 is 0 Å². The molecule has 2 amide bonds. The van der Waals surface area contributed by atoms with Crippen molar-refractivity contribution in [3.8, 4) is 0 Å². The number of amides is 2. The topological polar surface area (TPSA) is 79.8 Å². The van der Waals surface area contributed by atoms with Crippen LogP contribution in [0.15, 0.2) is 30.3 Å². The minimum atomic E-state index is -0.751. The second-order valence-electron chi connectivity index (χ2n) is 6.02. The number of fused-ring (bicyclic) bond motifs is 1. The molecule has 1 saturated heterocycles. The van der Waals surface area contributed by atoms with Crippen molar-refractivity contribution in [1.82, 2.24) is 14.8 Å². The number of aromatic nitrogens is 1. The Bertz CT molecular complexity index is 886.